The molecule has 1 aliphatic heterocycles. The molecule has 1 amide bonds. The Morgan fingerprint density at radius 3 is 2.46 bits per heavy atom. The summed E-state index contributed by atoms with van der Waals surface area (Å²) in [6.07, 6.45) is 2.27. The number of ether oxygens (including phenoxy) is 1. The second-order valence-corrected chi connectivity index (χ2v) is 7.32. The van der Waals surface area contributed by atoms with Crippen molar-refractivity contribution in [2.24, 2.45) is 5.92 Å². The molecule has 1 saturated heterocycles. The van der Waals surface area contributed by atoms with Crippen LogP contribution >= 0.6 is 11.3 Å². The number of esters is 1. The van der Waals surface area contributed by atoms with Crippen LogP contribution in [0.4, 0.5) is 0 Å². The predicted molar refractivity (Wildman–Crippen MR) is 102 cm³/mol. The number of nitrogens with zero attached hydrogens (tertiary/aromatic N) is 2. The molecule has 0 N–H and O–H groups in total. The van der Waals surface area contributed by atoms with E-state index in [9.17, 15) is 9.59 Å². The third-order valence-electron chi connectivity index (χ3n) is 4.68. The zero-order valence-electron chi connectivity index (χ0n) is 15.2. The van der Waals surface area contributed by atoms with E-state index in [0.717, 1.165) is 22.7 Å². The van der Waals surface area contributed by atoms with Crippen molar-refractivity contribution in [3.8, 4) is 11.3 Å². The molecule has 0 aliphatic carbocycles. The van der Waals surface area contributed by atoms with Gasteiger partial charge in [-0.05, 0) is 38.3 Å². The summed E-state index contributed by atoms with van der Waals surface area (Å²) in [5, 5.41) is 3.17. The van der Waals surface area contributed by atoms with Gasteiger partial charge < -0.3 is 9.64 Å². The summed E-state index contributed by atoms with van der Waals surface area (Å²) in [6.45, 7) is 5.50. The number of carbonyl (C=O) groups excluding carboxylic acids is 2. The fourth-order valence-corrected chi connectivity index (χ4v) is 3.90. The highest BCUT2D eigenvalue weighted by Gasteiger charge is 2.28. The van der Waals surface area contributed by atoms with Crippen molar-refractivity contribution in [1.82, 2.24) is 9.88 Å². The summed E-state index contributed by atoms with van der Waals surface area (Å²) in [7, 11) is 0. The second kappa shape index (κ2) is 8.45. The molecule has 1 aromatic heterocycles. The molecule has 5 nitrogen and oxygen atoms in total. The molecular formula is C20H24N2O3S. The van der Waals surface area contributed by atoms with Gasteiger partial charge in [-0.1, -0.05) is 19.1 Å². The van der Waals surface area contributed by atoms with Crippen LogP contribution in [0.5, 0.6) is 0 Å². The second-order valence-electron chi connectivity index (χ2n) is 6.38. The van der Waals surface area contributed by atoms with E-state index >= 15 is 0 Å². The van der Waals surface area contributed by atoms with Gasteiger partial charge in [0.05, 0.1) is 23.2 Å². The number of hydrogen-bond donors (Lipinski definition) is 0. The molecular weight excluding hydrogens is 348 g/mol. The number of aryl methyl sites for hydroxylation is 1. The van der Waals surface area contributed by atoms with Gasteiger partial charge in [0.1, 0.15) is 0 Å². The van der Waals surface area contributed by atoms with Crippen LogP contribution in [0.15, 0.2) is 29.6 Å². The average molecular weight is 372 g/mol. The Morgan fingerprint density at radius 2 is 1.88 bits per heavy atom. The van der Waals surface area contributed by atoms with E-state index in [2.05, 4.69) is 17.3 Å². The Balaban J connectivity index is 1.61. The fourth-order valence-electron chi connectivity index (χ4n) is 3.15. The van der Waals surface area contributed by atoms with Gasteiger partial charge in [-0.15, -0.1) is 11.3 Å². The number of piperidine rings is 1. The minimum atomic E-state index is -0.140. The maximum atomic E-state index is 12.7. The third-order valence-corrected chi connectivity index (χ3v) is 5.68. The first kappa shape index (κ1) is 18.6. The Kier molecular flexibility index (Phi) is 6.04. The standard InChI is InChI=1S/C20H24N2O3S/c1-3-18-21-17(13-26-18)14-5-7-15(8-6-14)19(23)22-11-9-16(10-12-22)20(24)25-4-2/h5-8,13,16H,3-4,9-12H2,1-2H3. The molecule has 0 atom stereocenters. The van der Waals surface area contributed by atoms with Crippen LogP contribution in [-0.2, 0) is 16.0 Å². The first-order valence-electron chi connectivity index (χ1n) is 9.13. The molecule has 138 valence electrons. The van der Waals surface area contributed by atoms with Gasteiger partial charge in [-0.3, -0.25) is 9.59 Å². The van der Waals surface area contributed by atoms with Gasteiger partial charge >= 0.3 is 5.97 Å². The van der Waals surface area contributed by atoms with Crippen LogP contribution in [0.25, 0.3) is 11.3 Å². The smallest absolute Gasteiger partial charge is 0.309 e. The number of likely N-dealkylation sites (tertiary alicyclic amines) is 1. The van der Waals surface area contributed by atoms with Gasteiger partial charge in [0, 0.05) is 29.6 Å². The number of carbonyl (C=O) groups is 2. The highest BCUT2D eigenvalue weighted by Crippen LogP contribution is 2.24. The zero-order valence-corrected chi connectivity index (χ0v) is 16.1. The highest BCUT2D eigenvalue weighted by molar-refractivity contribution is 7.09. The zero-order chi connectivity index (χ0) is 18.5. The van der Waals surface area contributed by atoms with E-state index in [-0.39, 0.29) is 17.8 Å². The summed E-state index contributed by atoms with van der Waals surface area (Å²) in [5.41, 5.74) is 2.66. The van der Waals surface area contributed by atoms with Crippen molar-refractivity contribution in [3.63, 3.8) is 0 Å². The average Bonchev–Trinajstić information content (AvgIpc) is 3.17. The van der Waals surface area contributed by atoms with E-state index in [1.807, 2.05) is 36.1 Å². The lowest BCUT2D eigenvalue weighted by molar-refractivity contribution is -0.149. The van der Waals surface area contributed by atoms with Crippen molar-refractivity contribution >= 4 is 23.2 Å². The molecule has 2 heterocycles. The first-order chi connectivity index (χ1) is 12.6. The molecule has 0 unspecified atom stereocenters. The number of amides is 1. The maximum Gasteiger partial charge on any atom is 0.309 e. The van der Waals surface area contributed by atoms with Crippen LogP contribution in [0.3, 0.4) is 0 Å². The highest BCUT2D eigenvalue weighted by atomic mass is 32.1. The van der Waals surface area contributed by atoms with Crippen molar-refractivity contribution < 1.29 is 14.3 Å². The molecule has 26 heavy (non-hydrogen) atoms. The van der Waals surface area contributed by atoms with E-state index in [1.54, 1.807) is 11.3 Å². The largest absolute Gasteiger partial charge is 0.466 e. The molecule has 1 aromatic carbocycles. The van der Waals surface area contributed by atoms with E-state index < -0.39 is 0 Å². The maximum absolute atomic E-state index is 12.7. The third kappa shape index (κ3) is 4.12. The van der Waals surface area contributed by atoms with Gasteiger partial charge in [0.2, 0.25) is 0 Å². The normalized spacial score (nSPS) is 15.1. The van der Waals surface area contributed by atoms with Crippen molar-refractivity contribution in [2.45, 2.75) is 33.1 Å². The molecule has 1 aliphatic rings. The van der Waals surface area contributed by atoms with Crippen LogP contribution in [-0.4, -0.2) is 41.5 Å². The summed E-state index contributed by atoms with van der Waals surface area (Å²) in [5.74, 6) is -0.205. The van der Waals surface area contributed by atoms with Gasteiger partial charge in [0.15, 0.2) is 0 Å². The molecule has 0 bridgehead atoms. The van der Waals surface area contributed by atoms with Crippen LogP contribution in [0.1, 0.15) is 42.1 Å². The van der Waals surface area contributed by atoms with E-state index in [1.165, 1.54) is 0 Å². The molecule has 6 heteroatoms. The fraction of sp³-hybridized carbons (Fsp3) is 0.450. The Morgan fingerprint density at radius 1 is 1.19 bits per heavy atom. The SMILES string of the molecule is CCOC(=O)C1CCN(C(=O)c2ccc(-c3csc(CC)n3)cc2)CC1. The van der Waals surface area contributed by atoms with Gasteiger partial charge in [0.25, 0.3) is 5.91 Å². The number of benzene rings is 1. The van der Waals surface area contributed by atoms with E-state index in [0.29, 0.717) is 38.1 Å². The summed E-state index contributed by atoms with van der Waals surface area (Å²) in [4.78, 5) is 30.9. The lowest BCUT2D eigenvalue weighted by atomic mass is 9.96. The predicted octanol–water partition coefficient (Wildman–Crippen LogP) is 3.79. The summed E-state index contributed by atoms with van der Waals surface area (Å²) in [6, 6.07) is 7.63. The molecule has 0 spiro atoms. The molecule has 0 saturated carbocycles. The molecule has 1 fully saturated rings. The Bertz CT molecular complexity index is 762. The van der Waals surface area contributed by atoms with Crippen LogP contribution in [0.2, 0.25) is 0 Å². The lowest BCUT2D eigenvalue weighted by Crippen LogP contribution is -2.40. The van der Waals surface area contributed by atoms with Gasteiger partial charge in [-0.2, -0.15) is 0 Å². The minimum Gasteiger partial charge on any atom is -0.466 e. The molecule has 2 aromatic rings. The topological polar surface area (TPSA) is 59.5 Å². The summed E-state index contributed by atoms with van der Waals surface area (Å²) < 4.78 is 5.08. The first-order valence-corrected chi connectivity index (χ1v) is 10.0. The monoisotopic (exact) mass is 372 g/mol. The lowest BCUT2D eigenvalue weighted by Gasteiger charge is -2.31. The number of thiazole rings is 1. The van der Waals surface area contributed by atoms with Crippen molar-refractivity contribution in [3.05, 3.63) is 40.2 Å². The quantitative estimate of drug-likeness (QED) is 0.749. The van der Waals surface area contributed by atoms with Crippen LogP contribution in [0, 0.1) is 5.92 Å². The molecule has 0 radical (unpaired) electrons. The number of aromatic nitrogens is 1. The minimum absolute atomic E-state index is 0.0198. The molecule has 3 rings (SSSR count). The number of rotatable bonds is 5. The Hall–Kier alpha value is -2.21. The van der Waals surface area contributed by atoms with Gasteiger partial charge in [-0.25, -0.2) is 4.98 Å². The van der Waals surface area contributed by atoms with Crippen molar-refractivity contribution in [2.75, 3.05) is 19.7 Å². The number of hydrogen-bond acceptors (Lipinski definition) is 5. The van der Waals surface area contributed by atoms with E-state index in [4.69, 9.17) is 4.74 Å². The summed E-state index contributed by atoms with van der Waals surface area (Å²) >= 11 is 1.66. The van der Waals surface area contributed by atoms with Crippen LogP contribution < -0.4 is 0 Å². The van der Waals surface area contributed by atoms with Crippen molar-refractivity contribution in [1.29, 1.82) is 0 Å². The Labute approximate surface area is 158 Å².